The normalized spacial score (nSPS) is 23.4. The van der Waals surface area contributed by atoms with Gasteiger partial charge < -0.3 is 24.6 Å². The summed E-state index contributed by atoms with van der Waals surface area (Å²) in [5, 5.41) is 2.62. The second kappa shape index (κ2) is 7.06. The lowest BCUT2D eigenvalue weighted by Gasteiger charge is -2.40. The maximum Gasteiger partial charge on any atom is 0.414 e. The van der Waals surface area contributed by atoms with Gasteiger partial charge in [-0.1, -0.05) is 0 Å². The molecule has 3 fully saturated rings. The number of carbonyl (C=O) groups is 2. The summed E-state index contributed by atoms with van der Waals surface area (Å²) >= 11 is 0. The third-order valence-electron chi connectivity index (χ3n) is 5.01. The van der Waals surface area contributed by atoms with Gasteiger partial charge in [0.15, 0.2) is 0 Å². The molecular weight excluding hydrogens is 374 g/mol. The number of alkyl halides is 2. The van der Waals surface area contributed by atoms with Crippen molar-refractivity contribution < 1.29 is 27.8 Å². The Morgan fingerprint density at radius 3 is 2.71 bits per heavy atom. The van der Waals surface area contributed by atoms with Crippen molar-refractivity contribution in [2.24, 2.45) is 5.92 Å². The standard InChI is InChI=1S/C18H22F2N4O4/c1-23-7-12(6-15(23)25)21-17(26)28-14-5-4-13(24-9-18(19,20)10-24)16(22-14)27-8-11-2-3-11/h4-5,11-12H,2-3,6-10H2,1H3,(H,21,26). The van der Waals surface area contributed by atoms with E-state index in [-0.39, 0.29) is 30.1 Å². The highest BCUT2D eigenvalue weighted by Gasteiger charge is 2.45. The van der Waals surface area contributed by atoms with Gasteiger partial charge in [-0.3, -0.25) is 4.79 Å². The highest BCUT2D eigenvalue weighted by atomic mass is 19.3. The predicted molar refractivity (Wildman–Crippen MR) is 94.8 cm³/mol. The van der Waals surface area contributed by atoms with Gasteiger partial charge in [-0.25, -0.2) is 13.6 Å². The second-order valence-electron chi connectivity index (χ2n) is 7.65. The van der Waals surface area contributed by atoms with E-state index in [1.807, 2.05) is 0 Å². The Hall–Kier alpha value is -2.65. The fourth-order valence-electron chi connectivity index (χ4n) is 3.24. The summed E-state index contributed by atoms with van der Waals surface area (Å²) in [5.41, 5.74) is 0.461. The SMILES string of the molecule is CN1CC(NC(=O)Oc2ccc(N3CC(F)(F)C3)c(OCC3CC3)n2)CC1=O. The Morgan fingerprint density at radius 1 is 1.36 bits per heavy atom. The molecule has 2 saturated heterocycles. The lowest BCUT2D eigenvalue weighted by molar-refractivity contribution is -0.126. The number of amides is 2. The number of hydrogen-bond acceptors (Lipinski definition) is 6. The molecule has 3 heterocycles. The summed E-state index contributed by atoms with van der Waals surface area (Å²) in [6, 6.07) is 2.69. The molecule has 0 spiro atoms. The molecule has 1 N–H and O–H groups in total. The molecule has 1 aromatic heterocycles. The van der Waals surface area contributed by atoms with Gasteiger partial charge in [0.05, 0.1) is 25.7 Å². The van der Waals surface area contributed by atoms with Crippen LogP contribution in [-0.4, -0.2) is 67.1 Å². The van der Waals surface area contributed by atoms with Gasteiger partial charge in [0.25, 0.3) is 5.92 Å². The van der Waals surface area contributed by atoms with Crippen LogP contribution in [0.1, 0.15) is 19.3 Å². The summed E-state index contributed by atoms with van der Waals surface area (Å²) in [6.45, 7) is 0.0897. The Labute approximate surface area is 160 Å². The van der Waals surface area contributed by atoms with Crippen molar-refractivity contribution >= 4 is 17.7 Å². The lowest BCUT2D eigenvalue weighted by atomic mass is 10.1. The van der Waals surface area contributed by atoms with Crippen LogP contribution in [0.4, 0.5) is 19.3 Å². The van der Waals surface area contributed by atoms with Gasteiger partial charge in [0.2, 0.25) is 17.7 Å². The summed E-state index contributed by atoms with van der Waals surface area (Å²) < 4.78 is 37.4. The maximum atomic E-state index is 13.2. The number of halogens is 2. The number of likely N-dealkylation sites (tertiary alicyclic amines) is 1. The zero-order valence-electron chi connectivity index (χ0n) is 15.5. The summed E-state index contributed by atoms with van der Waals surface area (Å²) in [5.74, 6) is -2.11. The number of aromatic nitrogens is 1. The minimum atomic E-state index is -2.71. The monoisotopic (exact) mass is 396 g/mol. The number of hydrogen-bond donors (Lipinski definition) is 1. The molecule has 3 aliphatic rings. The maximum absolute atomic E-state index is 13.2. The summed E-state index contributed by atoms with van der Waals surface area (Å²) in [6.07, 6.45) is 1.64. The number of ether oxygens (including phenoxy) is 2. The smallest absolute Gasteiger partial charge is 0.414 e. The van der Waals surface area contributed by atoms with Crippen LogP contribution in [0.15, 0.2) is 12.1 Å². The van der Waals surface area contributed by atoms with E-state index in [2.05, 4.69) is 10.3 Å². The number of anilines is 1. The van der Waals surface area contributed by atoms with E-state index in [0.717, 1.165) is 12.8 Å². The van der Waals surface area contributed by atoms with Crippen molar-refractivity contribution in [2.45, 2.75) is 31.2 Å². The molecule has 8 nitrogen and oxygen atoms in total. The van der Waals surface area contributed by atoms with Crippen LogP contribution in [0, 0.1) is 5.92 Å². The van der Waals surface area contributed by atoms with Crippen molar-refractivity contribution in [3.8, 4) is 11.8 Å². The summed E-state index contributed by atoms with van der Waals surface area (Å²) in [7, 11) is 1.67. The number of nitrogens with one attached hydrogen (secondary N) is 1. The van der Waals surface area contributed by atoms with Crippen LogP contribution >= 0.6 is 0 Å². The molecule has 0 radical (unpaired) electrons. The molecule has 0 bridgehead atoms. The minimum absolute atomic E-state index is 0.0111. The Kier molecular flexibility index (Phi) is 4.72. The Balaban J connectivity index is 1.41. The van der Waals surface area contributed by atoms with Gasteiger partial charge in [-0.15, -0.1) is 0 Å². The first-order valence-electron chi connectivity index (χ1n) is 9.28. The van der Waals surface area contributed by atoms with Crippen LogP contribution < -0.4 is 19.7 Å². The molecule has 0 aromatic carbocycles. The number of carbonyl (C=O) groups excluding carboxylic acids is 2. The first-order chi connectivity index (χ1) is 13.3. The molecule has 1 saturated carbocycles. The third kappa shape index (κ3) is 4.26. The van der Waals surface area contributed by atoms with Crippen molar-refractivity contribution in [3.63, 3.8) is 0 Å². The Morgan fingerprint density at radius 2 is 2.11 bits per heavy atom. The fourth-order valence-corrected chi connectivity index (χ4v) is 3.24. The molecule has 28 heavy (non-hydrogen) atoms. The average molecular weight is 396 g/mol. The molecule has 1 unspecified atom stereocenters. The first kappa shape index (κ1) is 18.7. The van der Waals surface area contributed by atoms with Crippen LogP contribution in [0.3, 0.4) is 0 Å². The van der Waals surface area contributed by atoms with Crippen LogP contribution in [0.25, 0.3) is 0 Å². The van der Waals surface area contributed by atoms with Crippen molar-refractivity contribution in [3.05, 3.63) is 12.1 Å². The van der Waals surface area contributed by atoms with Crippen LogP contribution in [-0.2, 0) is 4.79 Å². The second-order valence-corrected chi connectivity index (χ2v) is 7.65. The average Bonchev–Trinajstić information content (AvgIpc) is 3.36. The van der Waals surface area contributed by atoms with E-state index in [9.17, 15) is 18.4 Å². The molecule has 1 atom stereocenters. The third-order valence-corrected chi connectivity index (χ3v) is 5.01. The zero-order chi connectivity index (χ0) is 19.9. The van der Waals surface area contributed by atoms with E-state index in [0.29, 0.717) is 24.8 Å². The molecule has 2 amide bonds. The largest absolute Gasteiger partial charge is 0.476 e. The van der Waals surface area contributed by atoms with Gasteiger partial charge in [0, 0.05) is 26.1 Å². The van der Waals surface area contributed by atoms with Gasteiger partial charge in [-0.05, 0) is 24.8 Å². The summed E-state index contributed by atoms with van der Waals surface area (Å²) in [4.78, 5) is 30.8. The highest BCUT2D eigenvalue weighted by Crippen LogP contribution is 2.38. The van der Waals surface area contributed by atoms with E-state index >= 15 is 0 Å². The van der Waals surface area contributed by atoms with E-state index in [1.165, 1.54) is 15.9 Å². The minimum Gasteiger partial charge on any atom is -0.476 e. The molecule has 1 aromatic rings. The zero-order valence-corrected chi connectivity index (χ0v) is 15.5. The van der Waals surface area contributed by atoms with Crippen LogP contribution in [0.5, 0.6) is 11.8 Å². The topological polar surface area (TPSA) is 84.0 Å². The molecule has 10 heteroatoms. The van der Waals surface area contributed by atoms with Gasteiger partial charge in [0.1, 0.15) is 5.69 Å². The van der Waals surface area contributed by atoms with Crippen molar-refractivity contribution in [2.75, 3.05) is 38.2 Å². The van der Waals surface area contributed by atoms with E-state index in [4.69, 9.17) is 9.47 Å². The number of pyridine rings is 1. The Bertz CT molecular complexity index is 779. The molecule has 2 aliphatic heterocycles. The number of rotatable bonds is 6. The van der Waals surface area contributed by atoms with E-state index in [1.54, 1.807) is 13.1 Å². The molecule has 1 aliphatic carbocycles. The number of likely N-dealkylation sites (N-methyl/N-ethyl adjacent to an activating group) is 1. The molecular formula is C18H22F2N4O4. The quantitative estimate of drug-likeness (QED) is 0.787. The van der Waals surface area contributed by atoms with Gasteiger partial charge in [-0.2, -0.15) is 4.98 Å². The number of nitrogens with zero attached hydrogens (tertiary/aromatic N) is 3. The van der Waals surface area contributed by atoms with E-state index < -0.39 is 25.1 Å². The fraction of sp³-hybridized carbons (Fsp3) is 0.611. The van der Waals surface area contributed by atoms with Gasteiger partial charge >= 0.3 is 6.09 Å². The van der Waals surface area contributed by atoms with Crippen molar-refractivity contribution in [1.29, 1.82) is 0 Å². The van der Waals surface area contributed by atoms with Crippen molar-refractivity contribution in [1.82, 2.24) is 15.2 Å². The highest BCUT2D eigenvalue weighted by molar-refractivity contribution is 5.80. The lowest BCUT2D eigenvalue weighted by Crippen LogP contribution is -2.56. The molecule has 152 valence electrons. The predicted octanol–water partition coefficient (Wildman–Crippen LogP) is 1.64. The van der Waals surface area contributed by atoms with Crippen LogP contribution in [0.2, 0.25) is 0 Å². The first-order valence-corrected chi connectivity index (χ1v) is 9.28. The molecule has 4 rings (SSSR count).